The van der Waals surface area contributed by atoms with Crippen molar-refractivity contribution in [3.05, 3.63) is 22.5 Å². The molecule has 94 valence electrons. The smallest absolute Gasteiger partial charge is 0.307 e. The van der Waals surface area contributed by atoms with Crippen LogP contribution < -0.4 is 5.32 Å². The molecule has 0 saturated heterocycles. The quantitative estimate of drug-likeness (QED) is 0.524. The van der Waals surface area contributed by atoms with Crippen molar-refractivity contribution < 1.29 is 14.8 Å². The molecule has 1 heterocycles. The first-order valence-electron chi connectivity index (χ1n) is 5.13. The van der Waals surface area contributed by atoms with E-state index in [-0.39, 0.29) is 30.8 Å². The predicted molar refractivity (Wildman–Crippen MR) is 58.2 cm³/mol. The van der Waals surface area contributed by atoms with E-state index in [4.69, 9.17) is 5.11 Å². The fraction of sp³-hybridized carbons (Fsp3) is 0.556. The lowest BCUT2D eigenvalue weighted by Crippen LogP contribution is -2.38. The molecule has 1 aromatic heterocycles. The molecule has 8 heteroatoms. The third-order valence-corrected chi connectivity index (χ3v) is 2.21. The minimum Gasteiger partial charge on any atom is -0.394 e. The van der Waals surface area contributed by atoms with Gasteiger partial charge in [0.1, 0.15) is 18.9 Å². The van der Waals surface area contributed by atoms with E-state index in [1.54, 1.807) is 0 Å². The van der Waals surface area contributed by atoms with Gasteiger partial charge in [-0.05, 0) is 6.42 Å². The van der Waals surface area contributed by atoms with Crippen LogP contribution in [-0.4, -0.2) is 38.4 Å². The van der Waals surface area contributed by atoms with Gasteiger partial charge in [-0.25, -0.2) is 0 Å². The Bertz CT molecular complexity index is 399. The Hall–Kier alpha value is -1.96. The molecule has 0 saturated carbocycles. The van der Waals surface area contributed by atoms with Crippen molar-refractivity contribution in [2.24, 2.45) is 0 Å². The van der Waals surface area contributed by atoms with E-state index < -0.39 is 4.92 Å². The maximum atomic E-state index is 11.5. The van der Waals surface area contributed by atoms with Crippen molar-refractivity contribution in [3.63, 3.8) is 0 Å². The zero-order chi connectivity index (χ0) is 12.8. The lowest BCUT2D eigenvalue weighted by atomic mass is 10.2. The summed E-state index contributed by atoms with van der Waals surface area (Å²) in [5.74, 6) is -0.344. The van der Waals surface area contributed by atoms with E-state index in [1.165, 1.54) is 10.9 Å². The first-order valence-corrected chi connectivity index (χ1v) is 5.13. The average molecular weight is 242 g/mol. The molecule has 2 N–H and O–H groups in total. The molecule has 1 aromatic rings. The molecule has 1 amide bonds. The fourth-order valence-electron chi connectivity index (χ4n) is 1.23. The van der Waals surface area contributed by atoms with Crippen LogP contribution in [0.2, 0.25) is 0 Å². The Balaban J connectivity index is 2.52. The number of hydrogen-bond acceptors (Lipinski definition) is 5. The predicted octanol–water partition coefficient (Wildman–Crippen LogP) is -0.322. The standard InChI is InChI=1S/C9H14N4O4/c1-2-7(6-14)11-9(15)5-12-4-8(3-10-12)13(16)17/h3-4,7,14H,2,5-6H2,1H3,(H,11,15)/t7-/m0/s1. The van der Waals surface area contributed by atoms with Crippen LogP contribution in [0.25, 0.3) is 0 Å². The number of amides is 1. The average Bonchev–Trinajstić information content (AvgIpc) is 2.74. The largest absolute Gasteiger partial charge is 0.394 e. The Kier molecular flexibility index (Phi) is 4.58. The highest BCUT2D eigenvalue weighted by atomic mass is 16.6. The third kappa shape index (κ3) is 3.83. The first kappa shape index (κ1) is 13.1. The van der Waals surface area contributed by atoms with E-state index in [2.05, 4.69) is 10.4 Å². The summed E-state index contributed by atoms with van der Waals surface area (Å²) in [6, 6.07) is -0.298. The maximum Gasteiger partial charge on any atom is 0.307 e. The van der Waals surface area contributed by atoms with E-state index >= 15 is 0 Å². The van der Waals surface area contributed by atoms with Gasteiger partial charge in [0.25, 0.3) is 0 Å². The van der Waals surface area contributed by atoms with Gasteiger partial charge in [-0.3, -0.25) is 19.6 Å². The van der Waals surface area contributed by atoms with Crippen molar-refractivity contribution in [2.75, 3.05) is 6.61 Å². The van der Waals surface area contributed by atoms with Crippen molar-refractivity contribution in [1.29, 1.82) is 0 Å². The molecule has 0 bridgehead atoms. The number of aliphatic hydroxyl groups is 1. The number of carbonyl (C=O) groups excluding carboxylic acids is 1. The van der Waals surface area contributed by atoms with Crippen LogP contribution in [0.3, 0.4) is 0 Å². The molecule has 0 spiro atoms. The third-order valence-electron chi connectivity index (χ3n) is 2.21. The van der Waals surface area contributed by atoms with E-state index in [1.807, 2.05) is 6.92 Å². The number of rotatable bonds is 6. The molecule has 0 radical (unpaired) electrons. The minimum absolute atomic E-state index is 0.107. The van der Waals surface area contributed by atoms with Gasteiger partial charge in [-0.15, -0.1) is 0 Å². The van der Waals surface area contributed by atoms with Crippen LogP contribution in [0.4, 0.5) is 5.69 Å². The van der Waals surface area contributed by atoms with Gasteiger partial charge in [-0.1, -0.05) is 6.92 Å². The molecular formula is C9H14N4O4. The second kappa shape index (κ2) is 5.94. The number of nitro groups is 1. The van der Waals surface area contributed by atoms with Crippen LogP contribution >= 0.6 is 0 Å². The van der Waals surface area contributed by atoms with Gasteiger partial charge < -0.3 is 10.4 Å². The van der Waals surface area contributed by atoms with Crippen molar-refractivity contribution in [2.45, 2.75) is 25.9 Å². The van der Waals surface area contributed by atoms with Crippen molar-refractivity contribution >= 4 is 11.6 Å². The van der Waals surface area contributed by atoms with Crippen LogP contribution in [0.1, 0.15) is 13.3 Å². The van der Waals surface area contributed by atoms with Crippen LogP contribution in [-0.2, 0) is 11.3 Å². The van der Waals surface area contributed by atoms with Crippen LogP contribution in [0.15, 0.2) is 12.4 Å². The Morgan fingerprint density at radius 1 is 1.76 bits per heavy atom. The molecule has 1 rings (SSSR count). The zero-order valence-corrected chi connectivity index (χ0v) is 9.37. The number of aliphatic hydroxyl groups excluding tert-OH is 1. The van der Waals surface area contributed by atoms with Crippen molar-refractivity contribution in [3.8, 4) is 0 Å². The number of aromatic nitrogens is 2. The molecule has 0 aliphatic heterocycles. The Morgan fingerprint density at radius 2 is 2.47 bits per heavy atom. The summed E-state index contributed by atoms with van der Waals surface area (Å²) in [5, 5.41) is 25.6. The summed E-state index contributed by atoms with van der Waals surface area (Å²) < 4.78 is 1.18. The molecule has 0 aliphatic carbocycles. The van der Waals surface area contributed by atoms with Gasteiger partial charge >= 0.3 is 5.69 Å². The molecule has 0 aliphatic rings. The summed E-state index contributed by atoms with van der Waals surface area (Å²) in [7, 11) is 0. The number of hydrogen-bond donors (Lipinski definition) is 2. The van der Waals surface area contributed by atoms with Gasteiger partial charge in [0, 0.05) is 0 Å². The molecule has 1 atom stereocenters. The van der Waals surface area contributed by atoms with E-state index in [9.17, 15) is 14.9 Å². The lowest BCUT2D eigenvalue weighted by Gasteiger charge is -2.13. The lowest BCUT2D eigenvalue weighted by molar-refractivity contribution is -0.385. The highest BCUT2D eigenvalue weighted by Gasteiger charge is 2.13. The second-order valence-electron chi connectivity index (χ2n) is 3.51. The topological polar surface area (TPSA) is 110 Å². The fourth-order valence-corrected chi connectivity index (χ4v) is 1.23. The Labute approximate surface area is 97.4 Å². The van der Waals surface area contributed by atoms with Crippen molar-refractivity contribution in [1.82, 2.24) is 15.1 Å². The number of carbonyl (C=O) groups is 1. The molecule has 8 nitrogen and oxygen atoms in total. The van der Waals surface area contributed by atoms with Gasteiger partial charge in [0.2, 0.25) is 5.91 Å². The SMILES string of the molecule is CC[C@@H](CO)NC(=O)Cn1cc([N+](=O)[O-])cn1. The molecule has 17 heavy (non-hydrogen) atoms. The molecule has 0 aromatic carbocycles. The second-order valence-corrected chi connectivity index (χ2v) is 3.51. The zero-order valence-electron chi connectivity index (χ0n) is 9.37. The summed E-state index contributed by atoms with van der Waals surface area (Å²) in [6.45, 7) is 1.59. The van der Waals surface area contributed by atoms with Gasteiger partial charge in [0.15, 0.2) is 0 Å². The van der Waals surface area contributed by atoms with Crippen LogP contribution in [0, 0.1) is 10.1 Å². The minimum atomic E-state index is -0.579. The monoisotopic (exact) mass is 242 g/mol. The van der Waals surface area contributed by atoms with E-state index in [0.717, 1.165) is 6.20 Å². The maximum absolute atomic E-state index is 11.5. The van der Waals surface area contributed by atoms with Gasteiger partial charge in [0.05, 0.1) is 17.6 Å². The molecule has 0 fully saturated rings. The summed E-state index contributed by atoms with van der Waals surface area (Å²) >= 11 is 0. The van der Waals surface area contributed by atoms with E-state index in [0.29, 0.717) is 6.42 Å². The summed E-state index contributed by atoms with van der Waals surface area (Å²) in [4.78, 5) is 21.3. The van der Waals surface area contributed by atoms with Crippen LogP contribution in [0.5, 0.6) is 0 Å². The number of nitrogens with zero attached hydrogens (tertiary/aromatic N) is 3. The molecular weight excluding hydrogens is 228 g/mol. The summed E-state index contributed by atoms with van der Waals surface area (Å²) in [5.41, 5.74) is -0.160. The first-order chi connectivity index (χ1) is 8.06. The summed E-state index contributed by atoms with van der Waals surface area (Å²) in [6.07, 6.45) is 2.87. The van der Waals surface area contributed by atoms with Gasteiger partial charge in [-0.2, -0.15) is 5.10 Å². The highest BCUT2D eigenvalue weighted by Crippen LogP contribution is 2.07. The normalized spacial score (nSPS) is 12.1. The molecule has 0 unspecified atom stereocenters. The Morgan fingerprint density at radius 3 is 2.94 bits per heavy atom. The number of nitrogens with one attached hydrogen (secondary N) is 1. The highest BCUT2D eigenvalue weighted by molar-refractivity contribution is 5.76.